The molecule has 0 bridgehead atoms. The SMILES string of the molecule is Cc1ncc(-c2cc(C(F)(F)F)c3ncc(-c4ccc(N5CCOCC5)nc4)n3c2)cn1. The zero-order valence-electron chi connectivity index (χ0n) is 17.2. The van der Waals surface area contributed by atoms with Crippen LogP contribution in [0.1, 0.15) is 11.4 Å². The quantitative estimate of drug-likeness (QED) is 0.480. The number of halogens is 3. The van der Waals surface area contributed by atoms with Crippen LogP contribution in [0, 0.1) is 6.92 Å². The van der Waals surface area contributed by atoms with Gasteiger partial charge in [0.15, 0.2) is 0 Å². The molecule has 10 heteroatoms. The minimum Gasteiger partial charge on any atom is -0.378 e. The summed E-state index contributed by atoms with van der Waals surface area (Å²) in [7, 11) is 0. The zero-order chi connectivity index (χ0) is 22.3. The van der Waals surface area contributed by atoms with Gasteiger partial charge in [0, 0.05) is 54.6 Å². The van der Waals surface area contributed by atoms with E-state index in [2.05, 4.69) is 24.8 Å². The molecule has 4 aromatic rings. The van der Waals surface area contributed by atoms with E-state index in [-0.39, 0.29) is 5.65 Å². The first-order valence-corrected chi connectivity index (χ1v) is 10.1. The molecule has 0 aliphatic carbocycles. The van der Waals surface area contributed by atoms with Gasteiger partial charge in [-0.3, -0.25) is 4.40 Å². The number of hydrogen-bond acceptors (Lipinski definition) is 6. The van der Waals surface area contributed by atoms with Crippen molar-refractivity contribution in [2.24, 2.45) is 0 Å². The fourth-order valence-corrected chi connectivity index (χ4v) is 3.73. The second-order valence-corrected chi connectivity index (χ2v) is 7.50. The number of morpholine rings is 1. The number of hydrogen-bond donors (Lipinski definition) is 0. The van der Waals surface area contributed by atoms with Crippen LogP contribution >= 0.6 is 0 Å². The van der Waals surface area contributed by atoms with Gasteiger partial charge in [0.05, 0.1) is 30.7 Å². The summed E-state index contributed by atoms with van der Waals surface area (Å²) in [6.45, 7) is 4.50. The van der Waals surface area contributed by atoms with E-state index < -0.39 is 11.7 Å². The van der Waals surface area contributed by atoms with Crippen LogP contribution in [0.3, 0.4) is 0 Å². The molecule has 5 heterocycles. The molecule has 1 aliphatic heterocycles. The van der Waals surface area contributed by atoms with Crippen LogP contribution in [0.5, 0.6) is 0 Å². The number of imidazole rings is 1. The first-order valence-electron chi connectivity index (χ1n) is 10.1. The lowest BCUT2D eigenvalue weighted by molar-refractivity contribution is -0.136. The molecule has 0 spiro atoms. The van der Waals surface area contributed by atoms with Crippen LogP contribution < -0.4 is 4.90 Å². The maximum Gasteiger partial charge on any atom is 0.420 e. The van der Waals surface area contributed by atoms with E-state index in [0.29, 0.717) is 41.4 Å². The highest BCUT2D eigenvalue weighted by Gasteiger charge is 2.35. The number of ether oxygens (including phenoxy) is 1. The van der Waals surface area contributed by atoms with Crippen LogP contribution in [0.25, 0.3) is 28.0 Å². The predicted molar refractivity (Wildman–Crippen MR) is 112 cm³/mol. The van der Waals surface area contributed by atoms with E-state index in [1.54, 1.807) is 19.3 Å². The Morgan fingerprint density at radius 3 is 2.25 bits per heavy atom. The Hall–Kier alpha value is -3.53. The van der Waals surface area contributed by atoms with Crippen LogP contribution in [-0.4, -0.2) is 50.6 Å². The van der Waals surface area contributed by atoms with Gasteiger partial charge in [-0.2, -0.15) is 13.2 Å². The number of fused-ring (bicyclic) bond motifs is 1. The largest absolute Gasteiger partial charge is 0.420 e. The lowest BCUT2D eigenvalue weighted by Crippen LogP contribution is -2.36. The third-order valence-corrected chi connectivity index (χ3v) is 5.40. The molecule has 32 heavy (non-hydrogen) atoms. The Kier molecular flexibility index (Phi) is 5.01. The van der Waals surface area contributed by atoms with Crippen LogP contribution in [0.2, 0.25) is 0 Å². The molecule has 0 saturated carbocycles. The molecule has 7 nitrogen and oxygen atoms in total. The second kappa shape index (κ2) is 7.86. The number of anilines is 1. The first-order chi connectivity index (χ1) is 15.4. The molecule has 0 unspecified atom stereocenters. The molecule has 0 amide bonds. The molecule has 0 atom stereocenters. The summed E-state index contributed by atoms with van der Waals surface area (Å²) < 4.78 is 48.3. The molecule has 0 radical (unpaired) electrons. The number of pyridine rings is 2. The number of nitrogens with zero attached hydrogens (tertiary/aromatic N) is 6. The van der Waals surface area contributed by atoms with Crippen LogP contribution in [-0.2, 0) is 10.9 Å². The molecular formula is C22H19F3N6O. The van der Waals surface area contributed by atoms with Crippen molar-refractivity contribution >= 4 is 11.5 Å². The van der Waals surface area contributed by atoms with Gasteiger partial charge in [0.25, 0.3) is 0 Å². The van der Waals surface area contributed by atoms with Gasteiger partial charge in [-0.25, -0.2) is 19.9 Å². The summed E-state index contributed by atoms with van der Waals surface area (Å²) in [5.41, 5.74) is 1.04. The normalized spacial score (nSPS) is 14.8. The summed E-state index contributed by atoms with van der Waals surface area (Å²) in [5, 5.41) is 0. The fourth-order valence-electron chi connectivity index (χ4n) is 3.73. The number of rotatable bonds is 3. The molecule has 5 rings (SSSR count). The van der Waals surface area contributed by atoms with Gasteiger partial charge in [-0.05, 0) is 25.1 Å². The third kappa shape index (κ3) is 3.77. The highest BCUT2D eigenvalue weighted by Crippen LogP contribution is 2.36. The maximum absolute atomic E-state index is 13.8. The van der Waals surface area contributed by atoms with Crippen molar-refractivity contribution in [1.29, 1.82) is 0 Å². The van der Waals surface area contributed by atoms with E-state index in [4.69, 9.17) is 4.74 Å². The highest BCUT2D eigenvalue weighted by atomic mass is 19.4. The summed E-state index contributed by atoms with van der Waals surface area (Å²) in [6.07, 6.45) is 3.17. The van der Waals surface area contributed by atoms with E-state index in [1.807, 2.05) is 12.1 Å². The van der Waals surface area contributed by atoms with Gasteiger partial charge >= 0.3 is 6.18 Å². The van der Waals surface area contributed by atoms with Crippen LogP contribution in [0.15, 0.2) is 49.2 Å². The Bertz CT molecular complexity index is 1250. The molecular weight excluding hydrogens is 421 g/mol. The summed E-state index contributed by atoms with van der Waals surface area (Å²) in [4.78, 5) is 18.9. The average molecular weight is 440 g/mol. The number of alkyl halides is 3. The highest BCUT2D eigenvalue weighted by molar-refractivity contribution is 5.71. The molecule has 0 aromatic carbocycles. The fraction of sp³-hybridized carbons (Fsp3) is 0.273. The maximum atomic E-state index is 13.8. The second-order valence-electron chi connectivity index (χ2n) is 7.50. The van der Waals surface area contributed by atoms with Crippen molar-refractivity contribution in [1.82, 2.24) is 24.3 Å². The van der Waals surface area contributed by atoms with Crippen molar-refractivity contribution in [2.75, 3.05) is 31.2 Å². The van der Waals surface area contributed by atoms with E-state index in [9.17, 15) is 13.2 Å². The summed E-state index contributed by atoms with van der Waals surface area (Å²) in [5.74, 6) is 1.35. The van der Waals surface area contributed by atoms with Gasteiger partial charge in [0.2, 0.25) is 0 Å². The van der Waals surface area contributed by atoms with E-state index in [0.717, 1.165) is 25.0 Å². The predicted octanol–water partition coefficient (Wildman–Crippen LogP) is 4.02. The lowest BCUT2D eigenvalue weighted by atomic mass is 10.1. The van der Waals surface area contributed by atoms with Crippen molar-refractivity contribution < 1.29 is 17.9 Å². The molecule has 1 saturated heterocycles. The molecule has 0 N–H and O–H groups in total. The standard InChI is InChI=1S/C22H19F3N6O/c1-14-26-10-17(11-27-14)16-8-18(22(23,24)25)21-29-12-19(31(21)13-16)15-2-3-20(28-9-15)30-4-6-32-7-5-30/h2-3,8-13H,4-7H2,1H3. The first kappa shape index (κ1) is 20.4. The number of aryl methyl sites for hydroxylation is 1. The molecule has 1 fully saturated rings. The summed E-state index contributed by atoms with van der Waals surface area (Å²) in [6, 6.07) is 4.79. The number of aromatic nitrogens is 5. The smallest absolute Gasteiger partial charge is 0.378 e. The monoisotopic (exact) mass is 440 g/mol. The van der Waals surface area contributed by atoms with Crippen molar-refractivity contribution in [2.45, 2.75) is 13.1 Å². The Labute approximate surface area is 181 Å². The topological polar surface area (TPSA) is 68.4 Å². The van der Waals surface area contributed by atoms with Crippen molar-refractivity contribution in [3.05, 3.63) is 60.6 Å². The minimum absolute atomic E-state index is 0.165. The van der Waals surface area contributed by atoms with Crippen molar-refractivity contribution in [3.8, 4) is 22.4 Å². The Morgan fingerprint density at radius 1 is 0.875 bits per heavy atom. The van der Waals surface area contributed by atoms with E-state index in [1.165, 1.54) is 23.0 Å². The van der Waals surface area contributed by atoms with Crippen LogP contribution in [0.4, 0.5) is 19.0 Å². The molecule has 4 aromatic heterocycles. The van der Waals surface area contributed by atoms with Gasteiger partial charge in [-0.15, -0.1) is 0 Å². The van der Waals surface area contributed by atoms with Crippen molar-refractivity contribution in [3.63, 3.8) is 0 Å². The Morgan fingerprint density at radius 2 is 1.59 bits per heavy atom. The summed E-state index contributed by atoms with van der Waals surface area (Å²) >= 11 is 0. The van der Waals surface area contributed by atoms with Gasteiger partial charge in [-0.1, -0.05) is 0 Å². The van der Waals surface area contributed by atoms with Gasteiger partial charge in [0.1, 0.15) is 17.3 Å². The minimum atomic E-state index is -4.57. The lowest BCUT2D eigenvalue weighted by Gasteiger charge is -2.27. The Balaban J connectivity index is 1.61. The average Bonchev–Trinajstić information content (AvgIpc) is 3.23. The third-order valence-electron chi connectivity index (χ3n) is 5.40. The molecule has 164 valence electrons. The zero-order valence-corrected chi connectivity index (χ0v) is 17.2. The van der Waals surface area contributed by atoms with E-state index >= 15 is 0 Å². The molecule has 1 aliphatic rings. The van der Waals surface area contributed by atoms with Gasteiger partial charge < -0.3 is 9.64 Å².